The summed E-state index contributed by atoms with van der Waals surface area (Å²) in [5.41, 5.74) is 1.01. The molecule has 2 amide bonds. The molecule has 0 unspecified atom stereocenters. The molecule has 2 aliphatic rings. The summed E-state index contributed by atoms with van der Waals surface area (Å²) in [4.78, 5) is 24.7. The average Bonchev–Trinajstić information content (AvgIpc) is 2.72. The van der Waals surface area contributed by atoms with Gasteiger partial charge in [-0.25, -0.2) is 8.42 Å². The Labute approximate surface area is 184 Å². The highest BCUT2D eigenvalue weighted by molar-refractivity contribution is 7.89. The number of carbonyl (C=O) groups excluding carboxylic acids is 2. The molecule has 2 atom stereocenters. The minimum atomic E-state index is -3.80. The SMILES string of the molecule is CC[C@H]1Oc2cc(S(=O)(=O)N3CCC[C@@H](C(=O)NCCC(C)C)C3)c(C)cc2NC1=O. The van der Waals surface area contributed by atoms with Crippen molar-refractivity contribution in [2.75, 3.05) is 25.0 Å². The summed E-state index contributed by atoms with van der Waals surface area (Å²) >= 11 is 0. The number of carbonyl (C=O) groups is 2. The summed E-state index contributed by atoms with van der Waals surface area (Å²) in [6, 6.07) is 3.13. The number of sulfonamides is 1. The van der Waals surface area contributed by atoms with Gasteiger partial charge in [0.25, 0.3) is 5.91 Å². The molecular weight excluding hydrogens is 418 g/mol. The molecule has 1 aromatic carbocycles. The van der Waals surface area contributed by atoms with Crippen LogP contribution >= 0.6 is 0 Å². The molecule has 1 saturated heterocycles. The molecule has 0 saturated carbocycles. The van der Waals surface area contributed by atoms with Crippen LogP contribution in [0.4, 0.5) is 5.69 Å². The fourth-order valence-corrected chi connectivity index (χ4v) is 5.72. The molecule has 1 fully saturated rings. The number of nitrogens with zero attached hydrogens (tertiary/aromatic N) is 1. The molecule has 2 N–H and O–H groups in total. The summed E-state index contributed by atoms with van der Waals surface area (Å²) < 4.78 is 34.0. The second-order valence-corrected chi connectivity index (χ2v) is 10.7. The van der Waals surface area contributed by atoms with Crippen LogP contribution in [0.15, 0.2) is 17.0 Å². The van der Waals surface area contributed by atoms with Crippen molar-refractivity contribution in [1.82, 2.24) is 9.62 Å². The van der Waals surface area contributed by atoms with E-state index in [4.69, 9.17) is 4.74 Å². The number of benzene rings is 1. The number of aryl methyl sites for hydroxylation is 1. The summed E-state index contributed by atoms with van der Waals surface area (Å²) in [5, 5.41) is 5.73. The number of hydrogen-bond donors (Lipinski definition) is 2. The van der Waals surface area contributed by atoms with Crippen molar-refractivity contribution in [2.45, 2.75) is 64.4 Å². The predicted octanol–water partition coefficient (Wildman–Crippen LogP) is 2.67. The van der Waals surface area contributed by atoms with Crippen molar-refractivity contribution in [2.24, 2.45) is 11.8 Å². The van der Waals surface area contributed by atoms with Gasteiger partial charge < -0.3 is 15.4 Å². The zero-order valence-electron chi connectivity index (χ0n) is 18.7. The first-order valence-electron chi connectivity index (χ1n) is 11.0. The maximum absolute atomic E-state index is 13.4. The standard InChI is InChI=1S/C22H33N3O5S/c1-5-18-22(27)24-17-11-15(4)20(12-19(17)30-18)31(28,29)25-10-6-7-16(13-25)21(26)23-9-8-14(2)3/h11-12,14,16,18H,5-10,13H2,1-4H3,(H,23,26)(H,24,27)/t16-,18-/m1/s1. The molecule has 0 spiro atoms. The van der Waals surface area contributed by atoms with Crippen LogP contribution < -0.4 is 15.4 Å². The molecule has 1 aromatic rings. The normalized spacial score (nSPS) is 21.9. The quantitative estimate of drug-likeness (QED) is 0.663. The number of nitrogens with one attached hydrogen (secondary N) is 2. The molecule has 0 bridgehead atoms. The third-order valence-electron chi connectivity index (χ3n) is 5.86. The van der Waals surface area contributed by atoms with Crippen LogP contribution in [0.3, 0.4) is 0 Å². The Morgan fingerprint density at radius 3 is 2.77 bits per heavy atom. The number of piperidine rings is 1. The smallest absolute Gasteiger partial charge is 0.265 e. The highest BCUT2D eigenvalue weighted by Gasteiger charge is 2.35. The van der Waals surface area contributed by atoms with Gasteiger partial charge in [0.15, 0.2) is 6.10 Å². The first kappa shape index (κ1) is 23.5. The molecule has 0 aromatic heterocycles. The summed E-state index contributed by atoms with van der Waals surface area (Å²) in [5.74, 6) is 0.186. The Morgan fingerprint density at radius 2 is 2.10 bits per heavy atom. The van der Waals surface area contributed by atoms with Gasteiger partial charge in [-0.1, -0.05) is 20.8 Å². The summed E-state index contributed by atoms with van der Waals surface area (Å²) in [6.07, 6.45) is 2.05. The fraction of sp³-hybridized carbons (Fsp3) is 0.636. The maximum atomic E-state index is 13.4. The lowest BCUT2D eigenvalue weighted by Gasteiger charge is -2.32. The number of ether oxygens (including phenoxy) is 1. The second kappa shape index (κ2) is 9.56. The van der Waals surface area contributed by atoms with Crippen molar-refractivity contribution >= 4 is 27.5 Å². The Hall–Kier alpha value is -2.13. The number of anilines is 1. The van der Waals surface area contributed by atoms with Crippen LogP contribution in [0.1, 0.15) is 52.0 Å². The van der Waals surface area contributed by atoms with E-state index in [1.807, 2.05) is 6.92 Å². The van der Waals surface area contributed by atoms with Gasteiger partial charge in [0.05, 0.1) is 16.5 Å². The largest absolute Gasteiger partial charge is 0.478 e. The van der Waals surface area contributed by atoms with Crippen LogP contribution in [-0.4, -0.2) is 50.3 Å². The van der Waals surface area contributed by atoms with E-state index in [0.717, 1.165) is 6.42 Å². The molecule has 0 radical (unpaired) electrons. The van der Waals surface area contributed by atoms with E-state index in [2.05, 4.69) is 24.5 Å². The Balaban J connectivity index is 1.78. The molecule has 2 heterocycles. The van der Waals surface area contributed by atoms with Gasteiger partial charge in [0.1, 0.15) is 5.75 Å². The Morgan fingerprint density at radius 1 is 1.35 bits per heavy atom. The molecule has 3 rings (SSSR count). The van der Waals surface area contributed by atoms with E-state index >= 15 is 0 Å². The Kier molecular flexibility index (Phi) is 7.26. The molecule has 2 aliphatic heterocycles. The van der Waals surface area contributed by atoms with Crippen molar-refractivity contribution < 1.29 is 22.7 Å². The molecule has 9 heteroatoms. The predicted molar refractivity (Wildman–Crippen MR) is 118 cm³/mol. The van der Waals surface area contributed by atoms with E-state index in [9.17, 15) is 18.0 Å². The summed E-state index contributed by atoms with van der Waals surface area (Å²) in [7, 11) is -3.80. The number of fused-ring (bicyclic) bond motifs is 1. The summed E-state index contributed by atoms with van der Waals surface area (Å²) in [6.45, 7) is 8.88. The van der Waals surface area contributed by atoms with Gasteiger partial charge in [-0.2, -0.15) is 4.31 Å². The molecule has 0 aliphatic carbocycles. The molecule has 31 heavy (non-hydrogen) atoms. The van der Waals surface area contributed by atoms with E-state index in [0.29, 0.717) is 55.3 Å². The van der Waals surface area contributed by atoms with Crippen LogP contribution in [-0.2, 0) is 19.6 Å². The zero-order chi connectivity index (χ0) is 22.8. The van der Waals surface area contributed by atoms with Crippen molar-refractivity contribution in [3.63, 3.8) is 0 Å². The highest BCUT2D eigenvalue weighted by atomic mass is 32.2. The highest BCUT2D eigenvalue weighted by Crippen LogP contribution is 2.36. The van der Waals surface area contributed by atoms with Crippen LogP contribution in [0.2, 0.25) is 0 Å². The topological polar surface area (TPSA) is 105 Å². The third kappa shape index (κ3) is 5.20. The minimum Gasteiger partial charge on any atom is -0.478 e. The number of amides is 2. The third-order valence-corrected chi connectivity index (χ3v) is 7.87. The molecular formula is C22H33N3O5S. The van der Waals surface area contributed by atoms with Gasteiger partial charge in [-0.15, -0.1) is 0 Å². The number of hydrogen-bond acceptors (Lipinski definition) is 5. The average molecular weight is 452 g/mol. The molecule has 8 nitrogen and oxygen atoms in total. The van der Waals surface area contributed by atoms with Gasteiger partial charge in [0, 0.05) is 25.7 Å². The van der Waals surface area contributed by atoms with Crippen LogP contribution in [0.25, 0.3) is 0 Å². The minimum absolute atomic E-state index is 0.0838. The maximum Gasteiger partial charge on any atom is 0.265 e. The lowest BCUT2D eigenvalue weighted by atomic mass is 9.98. The van der Waals surface area contributed by atoms with Crippen LogP contribution in [0, 0.1) is 18.8 Å². The van der Waals surface area contributed by atoms with Gasteiger partial charge in [-0.3, -0.25) is 9.59 Å². The first-order valence-corrected chi connectivity index (χ1v) is 12.5. The zero-order valence-corrected chi connectivity index (χ0v) is 19.5. The van der Waals surface area contributed by atoms with Crippen molar-refractivity contribution in [1.29, 1.82) is 0 Å². The van der Waals surface area contributed by atoms with E-state index in [1.165, 1.54) is 10.4 Å². The second-order valence-electron chi connectivity index (χ2n) is 8.79. The Bertz CT molecular complexity index is 945. The van der Waals surface area contributed by atoms with Crippen molar-refractivity contribution in [3.8, 4) is 5.75 Å². The first-order chi connectivity index (χ1) is 14.6. The van der Waals surface area contributed by atoms with Gasteiger partial charge in [-0.05, 0) is 50.2 Å². The van der Waals surface area contributed by atoms with Crippen LogP contribution in [0.5, 0.6) is 5.75 Å². The fourth-order valence-electron chi connectivity index (χ4n) is 3.97. The van der Waals surface area contributed by atoms with E-state index in [-0.39, 0.29) is 29.2 Å². The lowest BCUT2D eigenvalue weighted by molar-refractivity contribution is -0.126. The lowest BCUT2D eigenvalue weighted by Crippen LogP contribution is -2.45. The monoisotopic (exact) mass is 451 g/mol. The number of rotatable bonds is 7. The van der Waals surface area contributed by atoms with Gasteiger partial charge >= 0.3 is 0 Å². The van der Waals surface area contributed by atoms with E-state index < -0.39 is 16.1 Å². The van der Waals surface area contributed by atoms with Crippen molar-refractivity contribution in [3.05, 3.63) is 17.7 Å². The van der Waals surface area contributed by atoms with E-state index in [1.54, 1.807) is 13.0 Å². The van der Waals surface area contributed by atoms with Gasteiger partial charge in [0.2, 0.25) is 15.9 Å². The molecule has 172 valence electrons.